The molecule has 0 aliphatic carbocycles. The van der Waals surface area contributed by atoms with Gasteiger partial charge < -0.3 is 0 Å². The van der Waals surface area contributed by atoms with Crippen molar-refractivity contribution in [2.75, 3.05) is 0 Å². The molecule has 0 atom stereocenters. The molecule has 0 amide bonds. The van der Waals surface area contributed by atoms with Crippen molar-refractivity contribution in [1.82, 2.24) is 24.8 Å². The van der Waals surface area contributed by atoms with Crippen LogP contribution in [0.1, 0.15) is 16.8 Å². The smallest absolute Gasteiger partial charge is 0.270 e. The molecule has 7 heteroatoms. The summed E-state index contributed by atoms with van der Waals surface area (Å²) in [5, 5.41) is 21.4. The molecule has 0 radical (unpaired) electrons. The second-order valence-corrected chi connectivity index (χ2v) is 5.72. The summed E-state index contributed by atoms with van der Waals surface area (Å²) >= 11 is 0. The van der Waals surface area contributed by atoms with Crippen molar-refractivity contribution in [2.24, 2.45) is 0 Å². The summed E-state index contributed by atoms with van der Waals surface area (Å²) in [5.74, 6) is -0.305. The standard InChI is InChI=1S/C19H14N6O/c20-11-6-12-24-13-15(18(22-24)14-7-2-1-3-8-14)19(26)25-17-10-5-4-9-16(17)21-23-25/h1-5,7-10,13H,6,12H2. The highest BCUT2D eigenvalue weighted by molar-refractivity contribution is 6.04. The van der Waals surface area contributed by atoms with Gasteiger partial charge in [0.05, 0.1) is 30.1 Å². The van der Waals surface area contributed by atoms with Gasteiger partial charge in [-0.2, -0.15) is 15.0 Å². The first kappa shape index (κ1) is 15.7. The summed E-state index contributed by atoms with van der Waals surface area (Å²) in [6, 6.07) is 18.9. The van der Waals surface area contributed by atoms with Crippen LogP contribution in [0.15, 0.2) is 60.8 Å². The van der Waals surface area contributed by atoms with Crippen LogP contribution in [0.2, 0.25) is 0 Å². The minimum atomic E-state index is -0.305. The molecule has 26 heavy (non-hydrogen) atoms. The highest BCUT2D eigenvalue weighted by atomic mass is 16.2. The van der Waals surface area contributed by atoms with Gasteiger partial charge in [-0.25, -0.2) is 0 Å². The molecular weight excluding hydrogens is 328 g/mol. The van der Waals surface area contributed by atoms with Crippen molar-refractivity contribution in [3.63, 3.8) is 0 Å². The van der Waals surface area contributed by atoms with E-state index in [0.29, 0.717) is 35.3 Å². The van der Waals surface area contributed by atoms with Crippen LogP contribution in [0, 0.1) is 11.3 Å². The molecule has 0 spiro atoms. The maximum absolute atomic E-state index is 13.1. The summed E-state index contributed by atoms with van der Waals surface area (Å²) in [6.07, 6.45) is 1.98. The van der Waals surface area contributed by atoms with Crippen LogP contribution < -0.4 is 0 Å². The first-order chi connectivity index (χ1) is 12.8. The summed E-state index contributed by atoms with van der Waals surface area (Å²) in [7, 11) is 0. The predicted molar refractivity (Wildman–Crippen MR) is 95.1 cm³/mol. The maximum Gasteiger partial charge on any atom is 0.284 e. The third-order valence-electron chi connectivity index (χ3n) is 4.04. The Hall–Kier alpha value is -3.79. The average molecular weight is 342 g/mol. The SMILES string of the molecule is N#CCCn1cc(C(=O)n2nnc3ccccc32)c(-c2ccccc2)n1. The number of benzene rings is 2. The number of carbonyl (C=O) groups is 1. The van der Waals surface area contributed by atoms with E-state index in [1.807, 2.05) is 42.5 Å². The Labute approximate surface area is 149 Å². The molecule has 0 aliphatic heterocycles. The van der Waals surface area contributed by atoms with Crippen molar-refractivity contribution >= 4 is 16.9 Å². The van der Waals surface area contributed by atoms with Crippen molar-refractivity contribution in [1.29, 1.82) is 5.26 Å². The lowest BCUT2D eigenvalue weighted by Gasteiger charge is -2.02. The number of nitrogens with zero attached hydrogens (tertiary/aromatic N) is 6. The number of carbonyl (C=O) groups excluding carboxylic acids is 1. The lowest BCUT2D eigenvalue weighted by atomic mass is 10.1. The van der Waals surface area contributed by atoms with Gasteiger partial charge in [0.25, 0.3) is 5.91 Å². The fraction of sp³-hybridized carbons (Fsp3) is 0.105. The molecule has 7 nitrogen and oxygen atoms in total. The van der Waals surface area contributed by atoms with Gasteiger partial charge in [0.15, 0.2) is 0 Å². The number of hydrogen-bond acceptors (Lipinski definition) is 5. The number of fused-ring (bicyclic) bond motifs is 1. The van der Waals surface area contributed by atoms with Crippen LogP contribution >= 0.6 is 0 Å². The molecule has 0 fully saturated rings. The molecule has 126 valence electrons. The second kappa shape index (κ2) is 6.61. The molecule has 0 saturated carbocycles. The van der Waals surface area contributed by atoms with E-state index in [0.717, 1.165) is 5.56 Å². The van der Waals surface area contributed by atoms with Gasteiger partial charge in [0, 0.05) is 11.8 Å². The second-order valence-electron chi connectivity index (χ2n) is 5.72. The van der Waals surface area contributed by atoms with E-state index in [2.05, 4.69) is 21.5 Å². The van der Waals surface area contributed by atoms with E-state index >= 15 is 0 Å². The van der Waals surface area contributed by atoms with E-state index in [1.165, 1.54) is 4.68 Å². The fourth-order valence-corrected chi connectivity index (χ4v) is 2.80. The Morgan fingerprint density at radius 1 is 1.08 bits per heavy atom. The van der Waals surface area contributed by atoms with Crippen LogP contribution in [0.3, 0.4) is 0 Å². The third-order valence-corrected chi connectivity index (χ3v) is 4.04. The molecule has 4 aromatic rings. The molecule has 2 aromatic heterocycles. The van der Waals surface area contributed by atoms with E-state index in [1.54, 1.807) is 23.0 Å². The molecule has 0 bridgehead atoms. The number of aromatic nitrogens is 5. The maximum atomic E-state index is 13.1. The molecule has 0 saturated heterocycles. The van der Waals surface area contributed by atoms with Gasteiger partial charge in [-0.05, 0) is 12.1 Å². The van der Waals surface area contributed by atoms with Crippen LogP contribution in [0.25, 0.3) is 22.3 Å². The number of aryl methyl sites for hydroxylation is 1. The first-order valence-corrected chi connectivity index (χ1v) is 8.13. The van der Waals surface area contributed by atoms with Crippen LogP contribution in [-0.4, -0.2) is 30.7 Å². The highest BCUT2D eigenvalue weighted by Gasteiger charge is 2.22. The van der Waals surface area contributed by atoms with E-state index in [-0.39, 0.29) is 5.91 Å². The first-order valence-electron chi connectivity index (χ1n) is 8.13. The van der Waals surface area contributed by atoms with Crippen LogP contribution in [0.4, 0.5) is 0 Å². The van der Waals surface area contributed by atoms with Gasteiger partial charge in [-0.3, -0.25) is 9.48 Å². The van der Waals surface area contributed by atoms with Gasteiger partial charge in [-0.1, -0.05) is 47.7 Å². The zero-order chi connectivity index (χ0) is 17.9. The lowest BCUT2D eigenvalue weighted by Crippen LogP contribution is -2.14. The Morgan fingerprint density at radius 3 is 2.65 bits per heavy atom. The lowest BCUT2D eigenvalue weighted by molar-refractivity contribution is 0.0948. The predicted octanol–water partition coefficient (Wildman–Crippen LogP) is 2.90. The normalized spacial score (nSPS) is 10.7. The number of para-hydroxylation sites is 1. The van der Waals surface area contributed by atoms with Crippen molar-refractivity contribution < 1.29 is 4.79 Å². The van der Waals surface area contributed by atoms with E-state index in [4.69, 9.17) is 5.26 Å². The van der Waals surface area contributed by atoms with Gasteiger partial charge in [0.2, 0.25) is 0 Å². The van der Waals surface area contributed by atoms with Crippen LogP contribution in [-0.2, 0) is 6.54 Å². The molecule has 0 N–H and O–H groups in total. The third kappa shape index (κ3) is 2.74. The Kier molecular flexibility index (Phi) is 4.00. The number of hydrogen-bond donors (Lipinski definition) is 0. The minimum absolute atomic E-state index is 0.305. The Bertz CT molecular complexity index is 1120. The monoisotopic (exact) mass is 342 g/mol. The molecule has 2 aromatic carbocycles. The largest absolute Gasteiger partial charge is 0.284 e. The zero-order valence-electron chi connectivity index (χ0n) is 13.8. The summed E-state index contributed by atoms with van der Waals surface area (Å²) in [5.41, 5.74) is 3.11. The van der Waals surface area contributed by atoms with Crippen molar-refractivity contribution in [2.45, 2.75) is 13.0 Å². The molecule has 4 rings (SSSR count). The van der Waals surface area contributed by atoms with Gasteiger partial charge in [-0.15, -0.1) is 5.10 Å². The molecule has 2 heterocycles. The van der Waals surface area contributed by atoms with Gasteiger partial charge in [0.1, 0.15) is 11.2 Å². The van der Waals surface area contributed by atoms with Crippen molar-refractivity contribution in [3.8, 4) is 17.3 Å². The number of nitriles is 1. The van der Waals surface area contributed by atoms with Crippen LogP contribution in [0.5, 0.6) is 0 Å². The highest BCUT2D eigenvalue weighted by Crippen LogP contribution is 2.24. The number of rotatable bonds is 4. The summed E-state index contributed by atoms with van der Waals surface area (Å²) in [6.45, 7) is 0.418. The fourth-order valence-electron chi connectivity index (χ4n) is 2.80. The molecule has 0 unspecified atom stereocenters. The van der Waals surface area contributed by atoms with E-state index in [9.17, 15) is 4.79 Å². The van der Waals surface area contributed by atoms with E-state index < -0.39 is 0 Å². The van der Waals surface area contributed by atoms with Gasteiger partial charge >= 0.3 is 0 Å². The molecular formula is C19H14N6O. The Balaban J connectivity index is 1.83. The topological polar surface area (TPSA) is 89.4 Å². The molecule has 0 aliphatic rings. The Morgan fingerprint density at radius 2 is 1.85 bits per heavy atom. The summed E-state index contributed by atoms with van der Waals surface area (Å²) in [4.78, 5) is 13.1. The van der Waals surface area contributed by atoms with Crippen molar-refractivity contribution in [3.05, 3.63) is 66.4 Å². The average Bonchev–Trinajstić information content (AvgIpc) is 3.31. The zero-order valence-corrected chi connectivity index (χ0v) is 13.8. The summed E-state index contributed by atoms with van der Waals surface area (Å²) < 4.78 is 2.91. The minimum Gasteiger partial charge on any atom is -0.270 e. The quantitative estimate of drug-likeness (QED) is 0.569.